The summed E-state index contributed by atoms with van der Waals surface area (Å²) in [5.74, 6) is -1.30. The van der Waals surface area contributed by atoms with E-state index in [1.165, 1.54) is 22.7 Å². The Balaban J connectivity index is 1.54. The van der Waals surface area contributed by atoms with E-state index in [1.54, 1.807) is 6.92 Å². The third kappa shape index (κ3) is 3.73. The van der Waals surface area contributed by atoms with E-state index < -0.39 is 17.5 Å². The van der Waals surface area contributed by atoms with Crippen molar-refractivity contribution < 1.29 is 13.6 Å². The maximum absolute atomic E-state index is 13.4. The number of nitrogens with zero attached hydrogens (tertiary/aromatic N) is 2. The second-order valence-electron chi connectivity index (χ2n) is 6.00. The summed E-state index contributed by atoms with van der Waals surface area (Å²) < 4.78 is 26.8. The lowest BCUT2D eigenvalue weighted by Gasteiger charge is -2.06. The molecule has 0 atom stereocenters. The molecule has 1 saturated carbocycles. The van der Waals surface area contributed by atoms with Gasteiger partial charge in [0.05, 0.1) is 10.7 Å². The zero-order valence-electron chi connectivity index (χ0n) is 13.7. The van der Waals surface area contributed by atoms with E-state index in [0.717, 1.165) is 36.7 Å². The zero-order chi connectivity index (χ0) is 18.3. The number of carbonyl (C=O) groups excluding carboxylic acids is 1. The Bertz CT molecular complexity index is 961. The van der Waals surface area contributed by atoms with Gasteiger partial charge in [0.1, 0.15) is 16.6 Å². The number of rotatable bonds is 5. The minimum absolute atomic E-state index is 0.167. The van der Waals surface area contributed by atoms with Gasteiger partial charge in [-0.2, -0.15) is 0 Å². The van der Waals surface area contributed by atoms with Crippen molar-refractivity contribution in [3.8, 4) is 0 Å². The molecule has 9 heteroatoms. The fourth-order valence-corrected chi connectivity index (χ4v) is 4.11. The van der Waals surface area contributed by atoms with Gasteiger partial charge in [-0.15, -0.1) is 22.7 Å². The van der Waals surface area contributed by atoms with Gasteiger partial charge in [0.15, 0.2) is 10.8 Å². The van der Waals surface area contributed by atoms with Gasteiger partial charge in [0.2, 0.25) is 0 Å². The standard InChI is InChI=1S/C17H14F2N4OS2/c1-8-20-14(15(24)23-17-22-13(7-25-17)9-2-3-9)16(26-8)21-12-5-10(18)4-11(19)6-12/h4-7,9,21H,2-3H2,1H3,(H,22,23,24). The van der Waals surface area contributed by atoms with E-state index in [1.807, 2.05) is 5.38 Å². The molecule has 2 aromatic heterocycles. The molecule has 4 rings (SSSR count). The van der Waals surface area contributed by atoms with Gasteiger partial charge in [-0.3, -0.25) is 10.1 Å². The molecule has 0 bridgehead atoms. The predicted molar refractivity (Wildman–Crippen MR) is 98.5 cm³/mol. The van der Waals surface area contributed by atoms with Crippen LogP contribution in [0.25, 0.3) is 0 Å². The van der Waals surface area contributed by atoms with E-state index in [0.29, 0.717) is 21.1 Å². The number of carbonyl (C=O) groups is 1. The van der Waals surface area contributed by atoms with Crippen LogP contribution in [0.2, 0.25) is 0 Å². The summed E-state index contributed by atoms with van der Waals surface area (Å²) in [5, 5.41) is 9.17. The van der Waals surface area contributed by atoms with Crippen LogP contribution in [0.1, 0.15) is 39.9 Å². The van der Waals surface area contributed by atoms with Gasteiger partial charge in [0, 0.05) is 23.1 Å². The minimum atomic E-state index is -0.699. The van der Waals surface area contributed by atoms with Gasteiger partial charge in [0.25, 0.3) is 5.91 Å². The number of aryl methyl sites for hydroxylation is 1. The van der Waals surface area contributed by atoms with E-state index in [2.05, 4.69) is 20.6 Å². The number of halogens is 2. The maximum Gasteiger partial charge on any atom is 0.279 e. The second kappa shape index (κ2) is 6.73. The van der Waals surface area contributed by atoms with E-state index in [9.17, 15) is 13.6 Å². The van der Waals surface area contributed by atoms with Crippen LogP contribution in [-0.4, -0.2) is 15.9 Å². The summed E-state index contributed by atoms with van der Waals surface area (Å²) in [6.07, 6.45) is 2.28. The van der Waals surface area contributed by atoms with Gasteiger partial charge in [-0.1, -0.05) is 0 Å². The molecular formula is C17H14F2N4OS2. The largest absolute Gasteiger partial charge is 0.345 e. The molecule has 1 fully saturated rings. The topological polar surface area (TPSA) is 66.9 Å². The first-order chi connectivity index (χ1) is 12.5. The highest BCUT2D eigenvalue weighted by Gasteiger charge is 2.26. The lowest BCUT2D eigenvalue weighted by Crippen LogP contribution is -2.14. The number of hydrogen-bond donors (Lipinski definition) is 2. The Kier molecular flexibility index (Phi) is 4.41. The first-order valence-electron chi connectivity index (χ1n) is 7.95. The number of hydrogen-bond acceptors (Lipinski definition) is 6. The maximum atomic E-state index is 13.4. The third-order valence-electron chi connectivity index (χ3n) is 3.81. The Hall–Kier alpha value is -2.39. The van der Waals surface area contributed by atoms with E-state index in [4.69, 9.17) is 0 Å². The van der Waals surface area contributed by atoms with Gasteiger partial charge in [-0.05, 0) is 31.9 Å². The fraction of sp³-hybridized carbons (Fsp3) is 0.235. The molecule has 0 unspecified atom stereocenters. The molecule has 0 aliphatic heterocycles. The van der Waals surface area contributed by atoms with E-state index in [-0.39, 0.29) is 11.4 Å². The Labute approximate surface area is 156 Å². The SMILES string of the molecule is Cc1nc(C(=O)Nc2nc(C3CC3)cs2)c(Nc2cc(F)cc(F)c2)s1. The highest BCUT2D eigenvalue weighted by Crippen LogP contribution is 2.41. The molecule has 1 aliphatic carbocycles. The molecule has 3 aromatic rings. The van der Waals surface area contributed by atoms with Crippen LogP contribution in [-0.2, 0) is 0 Å². The van der Waals surface area contributed by atoms with Crippen LogP contribution in [0, 0.1) is 18.6 Å². The monoisotopic (exact) mass is 392 g/mol. The molecule has 1 aromatic carbocycles. The lowest BCUT2D eigenvalue weighted by atomic mass is 10.3. The number of anilines is 3. The smallest absolute Gasteiger partial charge is 0.279 e. The average Bonchev–Trinajstić information content (AvgIpc) is 3.20. The molecule has 0 radical (unpaired) electrons. The fourth-order valence-electron chi connectivity index (χ4n) is 2.49. The van der Waals surface area contributed by atoms with Crippen molar-refractivity contribution in [3.63, 3.8) is 0 Å². The molecule has 2 heterocycles. The molecule has 26 heavy (non-hydrogen) atoms. The minimum Gasteiger partial charge on any atom is -0.345 e. The summed E-state index contributed by atoms with van der Waals surface area (Å²) in [7, 11) is 0. The van der Waals surface area contributed by atoms with Gasteiger partial charge < -0.3 is 5.32 Å². The van der Waals surface area contributed by atoms with Crippen molar-refractivity contribution >= 4 is 44.4 Å². The Morgan fingerprint density at radius 3 is 2.62 bits per heavy atom. The highest BCUT2D eigenvalue weighted by atomic mass is 32.1. The van der Waals surface area contributed by atoms with Crippen molar-refractivity contribution in [3.05, 3.63) is 51.6 Å². The summed E-state index contributed by atoms with van der Waals surface area (Å²) in [4.78, 5) is 21.2. The molecule has 5 nitrogen and oxygen atoms in total. The van der Waals surface area contributed by atoms with Crippen LogP contribution in [0.3, 0.4) is 0 Å². The number of aromatic nitrogens is 2. The van der Waals surface area contributed by atoms with Crippen molar-refractivity contribution in [2.75, 3.05) is 10.6 Å². The summed E-state index contributed by atoms with van der Waals surface area (Å²) >= 11 is 2.61. The molecular weight excluding hydrogens is 378 g/mol. The van der Waals surface area contributed by atoms with Crippen LogP contribution in [0.4, 0.5) is 24.6 Å². The number of amides is 1. The number of thiazole rings is 2. The number of nitrogens with one attached hydrogen (secondary N) is 2. The van der Waals surface area contributed by atoms with Gasteiger partial charge in [-0.25, -0.2) is 18.7 Å². The summed E-state index contributed by atoms with van der Waals surface area (Å²) in [6.45, 7) is 1.76. The molecule has 1 amide bonds. The first-order valence-corrected chi connectivity index (χ1v) is 9.65. The van der Waals surface area contributed by atoms with Crippen LogP contribution in [0.5, 0.6) is 0 Å². The summed E-state index contributed by atoms with van der Waals surface area (Å²) in [5.41, 5.74) is 1.39. The molecule has 2 N–H and O–H groups in total. The molecule has 134 valence electrons. The predicted octanol–water partition coefficient (Wildman–Crippen LogP) is 5.06. The quantitative estimate of drug-likeness (QED) is 0.637. The third-order valence-corrected chi connectivity index (χ3v) is 5.47. The zero-order valence-corrected chi connectivity index (χ0v) is 15.3. The van der Waals surface area contributed by atoms with Crippen molar-refractivity contribution in [1.82, 2.24) is 9.97 Å². The molecule has 1 aliphatic rings. The molecule has 0 spiro atoms. The number of benzene rings is 1. The Morgan fingerprint density at radius 1 is 1.19 bits per heavy atom. The van der Waals surface area contributed by atoms with E-state index >= 15 is 0 Å². The average molecular weight is 392 g/mol. The van der Waals surface area contributed by atoms with Crippen LogP contribution in [0.15, 0.2) is 23.6 Å². The summed E-state index contributed by atoms with van der Waals surface area (Å²) in [6, 6.07) is 3.10. The Morgan fingerprint density at radius 2 is 1.92 bits per heavy atom. The second-order valence-corrected chi connectivity index (χ2v) is 8.06. The van der Waals surface area contributed by atoms with Crippen molar-refractivity contribution in [2.45, 2.75) is 25.7 Å². The normalized spacial score (nSPS) is 13.7. The molecule has 0 saturated heterocycles. The van der Waals surface area contributed by atoms with Crippen molar-refractivity contribution in [2.24, 2.45) is 0 Å². The highest BCUT2D eigenvalue weighted by molar-refractivity contribution is 7.16. The van der Waals surface area contributed by atoms with Crippen LogP contribution >= 0.6 is 22.7 Å². The van der Waals surface area contributed by atoms with Crippen molar-refractivity contribution in [1.29, 1.82) is 0 Å². The van der Waals surface area contributed by atoms with Crippen LogP contribution < -0.4 is 10.6 Å². The lowest BCUT2D eigenvalue weighted by molar-refractivity contribution is 0.102. The van der Waals surface area contributed by atoms with Gasteiger partial charge >= 0.3 is 0 Å². The first kappa shape index (κ1) is 17.0.